The summed E-state index contributed by atoms with van der Waals surface area (Å²) in [4.78, 5) is 16.8. The molecule has 0 saturated heterocycles. The Morgan fingerprint density at radius 1 is 1.22 bits per heavy atom. The summed E-state index contributed by atoms with van der Waals surface area (Å²) >= 11 is 1.64. The van der Waals surface area contributed by atoms with Gasteiger partial charge >= 0.3 is 0 Å². The lowest BCUT2D eigenvalue weighted by Gasteiger charge is -2.24. The number of nitrogens with two attached hydrogens (primary N) is 1. The highest BCUT2D eigenvalue weighted by Crippen LogP contribution is 2.33. The zero-order valence-corrected chi connectivity index (χ0v) is 16.5. The van der Waals surface area contributed by atoms with E-state index in [-0.39, 0.29) is 5.91 Å². The van der Waals surface area contributed by atoms with E-state index in [1.54, 1.807) is 11.3 Å². The number of nitrogens with zero attached hydrogens (tertiary/aromatic N) is 2. The molecule has 2 N–H and O–H groups in total. The number of benzene rings is 1. The van der Waals surface area contributed by atoms with Crippen LogP contribution in [0, 0.1) is 12.8 Å². The van der Waals surface area contributed by atoms with Crippen LogP contribution in [0.15, 0.2) is 41.8 Å². The van der Waals surface area contributed by atoms with Gasteiger partial charge in [0.15, 0.2) is 0 Å². The minimum Gasteiger partial charge on any atom is -0.366 e. The van der Waals surface area contributed by atoms with Crippen LogP contribution in [0.5, 0.6) is 0 Å². The Hall–Kier alpha value is -2.40. The Morgan fingerprint density at radius 2 is 1.96 bits per heavy atom. The van der Waals surface area contributed by atoms with E-state index in [1.165, 1.54) is 32.1 Å². The van der Waals surface area contributed by atoms with Gasteiger partial charge in [0.1, 0.15) is 5.01 Å². The molecule has 2 heterocycles. The van der Waals surface area contributed by atoms with Gasteiger partial charge in [0, 0.05) is 23.2 Å². The van der Waals surface area contributed by atoms with Crippen LogP contribution in [-0.4, -0.2) is 15.5 Å². The smallest absolute Gasteiger partial charge is 0.250 e. The molecular formula is C22H25N3OS. The Labute approximate surface area is 164 Å². The summed E-state index contributed by atoms with van der Waals surface area (Å²) < 4.78 is 2.26. The molecule has 1 saturated carbocycles. The summed E-state index contributed by atoms with van der Waals surface area (Å²) in [6, 6.07) is 12.1. The third kappa shape index (κ3) is 3.69. The van der Waals surface area contributed by atoms with Crippen molar-refractivity contribution in [2.75, 3.05) is 0 Å². The van der Waals surface area contributed by atoms with Crippen molar-refractivity contribution in [1.82, 2.24) is 9.55 Å². The number of thiazole rings is 1. The molecular weight excluding hydrogens is 354 g/mol. The Morgan fingerprint density at radius 3 is 2.67 bits per heavy atom. The van der Waals surface area contributed by atoms with Gasteiger partial charge in [0.05, 0.1) is 17.0 Å². The van der Waals surface area contributed by atoms with Gasteiger partial charge in [0.25, 0.3) is 5.91 Å². The van der Waals surface area contributed by atoms with E-state index in [2.05, 4.69) is 22.1 Å². The average molecular weight is 380 g/mol. The summed E-state index contributed by atoms with van der Waals surface area (Å²) in [7, 11) is 0. The zero-order chi connectivity index (χ0) is 18.8. The first-order valence-electron chi connectivity index (χ1n) is 9.64. The first-order chi connectivity index (χ1) is 13.1. The number of carbonyl (C=O) groups is 1. The molecule has 0 atom stereocenters. The molecule has 4 rings (SSSR count). The van der Waals surface area contributed by atoms with Gasteiger partial charge in [-0.2, -0.15) is 0 Å². The molecule has 0 aliphatic heterocycles. The number of amides is 1. The van der Waals surface area contributed by atoms with Crippen LogP contribution in [0.2, 0.25) is 0 Å². The second kappa shape index (κ2) is 7.69. The molecule has 4 nitrogen and oxygen atoms in total. The Kier molecular flexibility index (Phi) is 5.12. The van der Waals surface area contributed by atoms with E-state index in [1.807, 2.05) is 31.2 Å². The average Bonchev–Trinajstić information content (AvgIpc) is 3.29. The highest BCUT2D eigenvalue weighted by molar-refractivity contribution is 7.13. The Bertz CT molecular complexity index is 936. The molecule has 0 bridgehead atoms. The van der Waals surface area contributed by atoms with Gasteiger partial charge in [-0.25, -0.2) is 4.98 Å². The number of hydrogen-bond acceptors (Lipinski definition) is 3. The standard InChI is InChI=1S/C22H25N3OS/c1-15-18(21(23)26)12-20(25(15)13-16-8-4-2-5-9-16)19-14-27-22(24-19)17-10-6-3-7-11-17/h3,6-7,10-12,14,16H,2,4-5,8-9,13H2,1H3,(H2,23,26). The van der Waals surface area contributed by atoms with E-state index in [0.717, 1.165) is 34.2 Å². The van der Waals surface area contributed by atoms with Crippen molar-refractivity contribution in [3.05, 3.63) is 53.0 Å². The maximum Gasteiger partial charge on any atom is 0.250 e. The fourth-order valence-corrected chi connectivity index (χ4v) is 4.89. The van der Waals surface area contributed by atoms with E-state index in [0.29, 0.717) is 11.5 Å². The SMILES string of the molecule is Cc1c(C(N)=O)cc(-c2csc(-c3ccccc3)n2)n1CC1CCCCC1. The van der Waals surface area contributed by atoms with Crippen molar-refractivity contribution in [2.24, 2.45) is 11.7 Å². The predicted molar refractivity (Wildman–Crippen MR) is 111 cm³/mol. The molecule has 2 aromatic heterocycles. The summed E-state index contributed by atoms with van der Waals surface area (Å²) in [5.41, 5.74) is 10.2. The third-order valence-electron chi connectivity index (χ3n) is 5.58. The van der Waals surface area contributed by atoms with E-state index in [4.69, 9.17) is 10.7 Å². The molecule has 1 amide bonds. The topological polar surface area (TPSA) is 60.9 Å². The van der Waals surface area contributed by atoms with E-state index < -0.39 is 0 Å². The molecule has 0 radical (unpaired) electrons. The van der Waals surface area contributed by atoms with Crippen LogP contribution in [-0.2, 0) is 6.54 Å². The first-order valence-corrected chi connectivity index (χ1v) is 10.5. The van der Waals surface area contributed by atoms with Gasteiger partial charge in [-0.05, 0) is 31.7 Å². The van der Waals surface area contributed by atoms with Crippen LogP contribution in [0.1, 0.15) is 48.2 Å². The summed E-state index contributed by atoms with van der Waals surface area (Å²) in [6.45, 7) is 2.93. The van der Waals surface area contributed by atoms with Gasteiger partial charge in [-0.15, -0.1) is 11.3 Å². The van der Waals surface area contributed by atoms with Crippen molar-refractivity contribution in [3.8, 4) is 22.0 Å². The Balaban J connectivity index is 1.72. The van der Waals surface area contributed by atoms with Crippen molar-refractivity contribution in [1.29, 1.82) is 0 Å². The van der Waals surface area contributed by atoms with Crippen LogP contribution in [0.3, 0.4) is 0 Å². The van der Waals surface area contributed by atoms with Crippen molar-refractivity contribution < 1.29 is 4.79 Å². The van der Waals surface area contributed by atoms with E-state index in [9.17, 15) is 4.79 Å². The van der Waals surface area contributed by atoms with Gasteiger partial charge in [0.2, 0.25) is 0 Å². The number of primary amides is 1. The molecule has 5 heteroatoms. The van der Waals surface area contributed by atoms with Gasteiger partial charge in [-0.3, -0.25) is 4.79 Å². The molecule has 27 heavy (non-hydrogen) atoms. The minimum atomic E-state index is -0.366. The fraction of sp³-hybridized carbons (Fsp3) is 0.364. The maximum absolute atomic E-state index is 11.9. The molecule has 0 unspecified atom stereocenters. The summed E-state index contributed by atoms with van der Waals surface area (Å²) in [5.74, 6) is 0.297. The molecule has 1 aliphatic carbocycles. The zero-order valence-electron chi connectivity index (χ0n) is 15.6. The number of hydrogen-bond donors (Lipinski definition) is 1. The van der Waals surface area contributed by atoms with Crippen molar-refractivity contribution >= 4 is 17.2 Å². The van der Waals surface area contributed by atoms with Crippen molar-refractivity contribution in [2.45, 2.75) is 45.6 Å². The lowest BCUT2D eigenvalue weighted by Crippen LogP contribution is -2.17. The molecule has 3 aromatic rings. The normalized spacial score (nSPS) is 15.1. The monoisotopic (exact) mass is 379 g/mol. The first kappa shape index (κ1) is 18.0. The highest BCUT2D eigenvalue weighted by Gasteiger charge is 2.22. The van der Waals surface area contributed by atoms with E-state index >= 15 is 0 Å². The third-order valence-corrected chi connectivity index (χ3v) is 6.48. The minimum absolute atomic E-state index is 0.366. The quantitative estimate of drug-likeness (QED) is 0.657. The second-order valence-electron chi connectivity index (χ2n) is 7.41. The molecule has 140 valence electrons. The molecule has 1 aromatic carbocycles. The van der Waals surface area contributed by atoms with Gasteiger partial charge < -0.3 is 10.3 Å². The summed E-state index contributed by atoms with van der Waals surface area (Å²) in [6.07, 6.45) is 6.47. The molecule has 1 fully saturated rings. The van der Waals surface area contributed by atoms with Crippen LogP contribution < -0.4 is 5.73 Å². The molecule has 0 spiro atoms. The summed E-state index contributed by atoms with van der Waals surface area (Å²) in [5, 5.41) is 3.08. The second-order valence-corrected chi connectivity index (χ2v) is 8.27. The largest absolute Gasteiger partial charge is 0.366 e. The lowest BCUT2D eigenvalue weighted by atomic mass is 9.89. The lowest BCUT2D eigenvalue weighted by molar-refractivity contribution is 0.0999. The van der Waals surface area contributed by atoms with Crippen LogP contribution in [0.25, 0.3) is 22.0 Å². The number of rotatable bonds is 5. The van der Waals surface area contributed by atoms with Gasteiger partial charge in [-0.1, -0.05) is 49.6 Å². The van der Waals surface area contributed by atoms with Crippen molar-refractivity contribution in [3.63, 3.8) is 0 Å². The van der Waals surface area contributed by atoms with Crippen LogP contribution in [0.4, 0.5) is 0 Å². The number of carbonyl (C=O) groups excluding carboxylic acids is 1. The fourth-order valence-electron chi connectivity index (χ4n) is 4.07. The number of aromatic nitrogens is 2. The highest BCUT2D eigenvalue weighted by atomic mass is 32.1. The molecule has 1 aliphatic rings. The predicted octanol–water partition coefficient (Wildman–Crippen LogP) is 5.27. The maximum atomic E-state index is 11.9. The van der Waals surface area contributed by atoms with Crippen LogP contribution >= 0.6 is 11.3 Å².